The van der Waals surface area contributed by atoms with E-state index in [0.29, 0.717) is 13.2 Å². The number of nitrogens with zero attached hydrogens (tertiary/aromatic N) is 2. The standard InChI is InChI=1S/C25H28N2O3/c1-2-26-21-8-4-3-7-19(21)20-17-18(10-12-22(20)26)11-13-24(28)27-14-6-5-9-23(27)25-29-15-16-30-25/h3-4,7-8,10-13,17,23,25H,2,5-6,9,14-16H2,1H3/b13-11+. The molecule has 3 aromatic rings. The summed E-state index contributed by atoms with van der Waals surface area (Å²) in [7, 11) is 0. The fraction of sp³-hybridized carbons (Fsp3) is 0.400. The maximum atomic E-state index is 13.0. The fourth-order valence-corrected chi connectivity index (χ4v) is 4.89. The highest BCUT2D eigenvalue weighted by atomic mass is 16.7. The third-order valence-corrected chi connectivity index (χ3v) is 6.33. The van der Waals surface area contributed by atoms with Crippen molar-refractivity contribution in [2.45, 2.75) is 45.1 Å². The smallest absolute Gasteiger partial charge is 0.246 e. The summed E-state index contributed by atoms with van der Waals surface area (Å²) in [5, 5.41) is 2.48. The average molecular weight is 405 g/mol. The van der Waals surface area contributed by atoms with E-state index in [2.05, 4.69) is 54.0 Å². The predicted molar refractivity (Wildman–Crippen MR) is 119 cm³/mol. The van der Waals surface area contributed by atoms with Gasteiger partial charge in [-0.1, -0.05) is 24.3 Å². The summed E-state index contributed by atoms with van der Waals surface area (Å²) >= 11 is 0. The minimum atomic E-state index is -0.279. The molecule has 2 aromatic carbocycles. The molecule has 0 aliphatic carbocycles. The summed E-state index contributed by atoms with van der Waals surface area (Å²) in [6.45, 7) is 5.10. The molecular formula is C25H28N2O3. The molecule has 30 heavy (non-hydrogen) atoms. The number of piperidine rings is 1. The van der Waals surface area contributed by atoms with Crippen molar-refractivity contribution in [3.63, 3.8) is 0 Å². The number of carbonyl (C=O) groups is 1. The van der Waals surface area contributed by atoms with E-state index < -0.39 is 0 Å². The van der Waals surface area contributed by atoms with Crippen LogP contribution in [0.1, 0.15) is 31.7 Å². The molecule has 0 bridgehead atoms. The van der Waals surface area contributed by atoms with Crippen LogP contribution in [0, 0.1) is 0 Å². The zero-order valence-corrected chi connectivity index (χ0v) is 17.4. The molecule has 5 heteroatoms. The lowest BCUT2D eigenvalue weighted by Crippen LogP contribution is -2.49. The number of para-hydroxylation sites is 1. The Balaban J connectivity index is 1.42. The van der Waals surface area contributed by atoms with Crippen molar-refractivity contribution in [2.75, 3.05) is 19.8 Å². The van der Waals surface area contributed by atoms with E-state index >= 15 is 0 Å². The third kappa shape index (κ3) is 3.42. The van der Waals surface area contributed by atoms with E-state index in [1.165, 1.54) is 21.8 Å². The Morgan fingerprint density at radius 1 is 1.07 bits per heavy atom. The van der Waals surface area contributed by atoms with Gasteiger partial charge < -0.3 is 18.9 Å². The van der Waals surface area contributed by atoms with Crippen LogP contribution in [0.5, 0.6) is 0 Å². The van der Waals surface area contributed by atoms with Gasteiger partial charge in [0.2, 0.25) is 5.91 Å². The molecular weight excluding hydrogens is 376 g/mol. The van der Waals surface area contributed by atoms with Crippen LogP contribution in [0.4, 0.5) is 0 Å². The molecule has 1 amide bonds. The molecule has 0 N–H and O–H groups in total. The maximum Gasteiger partial charge on any atom is 0.246 e. The summed E-state index contributed by atoms with van der Waals surface area (Å²) in [6.07, 6.45) is 6.44. The quantitative estimate of drug-likeness (QED) is 0.598. The first-order chi connectivity index (χ1) is 14.8. The number of amides is 1. The van der Waals surface area contributed by atoms with Gasteiger partial charge in [-0.25, -0.2) is 0 Å². The molecule has 0 radical (unpaired) electrons. The van der Waals surface area contributed by atoms with Gasteiger partial charge in [0.25, 0.3) is 0 Å². The molecule has 1 atom stereocenters. The molecule has 2 aliphatic rings. The Morgan fingerprint density at radius 2 is 1.87 bits per heavy atom. The van der Waals surface area contributed by atoms with E-state index in [0.717, 1.165) is 37.9 Å². The van der Waals surface area contributed by atoms with Crippen LogP contribution in [-0.2, 0) is 20.8 Å². The zero-order valence-electron chi connectivity index (χ0n) is 17.4. The molecule has 1 aromatic heterocycles. The number of benzene rings is 2. The van der Waals surface area contributed by atoms with Gasteiger partial charge in [-0.2, -0.15) is 0 Å². The first-order valence-corrected chi connectivity index (χ1v) is 11.0. The molecule has 0 saturated carbocycles. The van der Waals surface area contributed by atoms with Crippen LogP contribution >= 0.6 is 0 Å². The summed E-state index contributed by atoms with van der Waals surface area (Å²) in [6, 6.07) is 15.0. The SMILES string of the molecule is CCn1c2ccccc2c2cc(/C=C/C(=O)N3CCCCC3C3OCCO3)ccc21. The molecule has 5 nitrogen and oxygen atoms in total. The Bertz CT molecular complexity index is 1090. The summed E-state index contributed by atoms with van der Waals surface area (Å²) in [5.74, 6) is 0.0369. The molecule has 0 spiro atoms. The van der Waals surface area contributed by atoms with Crippen molar-refractivity contribution in [1.29, 1.82) is 0 Å². The fourth-order valence-electron chi connectivity index (χ4n) is 4.89. The second-order valence-corrected chi connectivity index (χ2v) is 8.08. The van der Waals surface area contributed by atoms with Gasteiger partial charge >= 0.3 is 0 Å². The van der Waals surface area contributed by atoms with Crippen LogP contribution in [0.2, 0.25) is 0 Å². The van der Waals surface area contributed by atoms with E-state index in [1.807, 2.05) is 11.0 Å². The summed E-state index contributed by atoms with van der Waals surface area (Å²) < 4.78 is 13.7. The maximum absolute atomic E-state index is 13.0. The van der Waals surface area contributed by atoms with Crippen LogP contribution in [0.3, 0.4) is 0 Å². The van der Waals surface area contributed by atoms with Crippen molar-refractivity contribution in [3.8, 4) is 0 Å². The Hall–Kier alpha value is -2.63. The minimum Gasteiger partial charge on any atom is -0.348 e. The number of hydrogen-bond acceptors (Lipinski definition) is 3. The Labute approximate surface area is 176 Å². The number of hydrogen-bond donors (Lipinski definition) is 0. The molecule has 3 heterocycles. The van der Waals surface area contributed by atoms with Crippen molar-refractivity contribution in [1.82, 2.24) is 9.47 Å². The highest BCUT2D eigenvalue weighted by Crippen LogP contribution is 2.30. The van der Waals surface area contributed by atoms with Gasteiger partial charge in [0.15, 0.2) is 6.29 Å². The molecule has 5 rings (SSSR count). The van der Waals surface area contributed by atoms with Crippen molar-refractivity contribution >= 4 is 33.8 Å². The highest BCUT2D eigenvalue weighted by Gasteiger charge is 2.35. The number of rotatable bonds is 4. The van der Waals surface area contributed by atoms with Gasteiger partial charge in [0, 0.05) is 41.0 Å². The second-order valence-electron chi connectivity index (χ2n) is 8.08. The average Bonchev–Trinajstić information content (AvgIpc) is 3.43. The lowest BCUT2D eigenvalue weighted by atomic mass is 10.0. The third-order valence-electron chi connectivity index (χ3n) is 6.33. The molecule has 156 valence electrons. The van der Waals surface area contributed by atoms with Crippen molar-refractivity contribution < 1.29 is 14.3 Å². The normalized spacial score (nSPS) is 20.7. The Morgan fingerprint density at radius 3 is 2.70 bits per heavy atom. The first kappa shape index (κ1) is 19.3. The number of fused-ring (bicyclic) bond motifs is 3. The summed E-state index contributed by atoms with van der Waals surface area (Å²) in [4.78, 5) is 14.9. The van der Waals surface area contributed by atoms with Gasteiger partial charge in [0.05, 0.1) is 19.3 Å². The number of aromatic nitrogens is 1. The van der Waals surface area contributed by atoms with Crippen LogP contribution in [-0.4, -0.2) is 47.5 Å². The molecule has 2 fully saturated rings. The molecule has 2 saturated heterocycles. The first-order valence-electron chi connectivity index (χ1n) is 11.0. The number of ether oxygens (including phenoxy) is 2. The lowest BCUT2D eigenvalue weighted by molar-refractivity contribution is -0.145. The molecule has 1 unspecified atom stereocenters. The van der Waals surface area contributed by atoms with E-state index in [1.54, 1.807) is 6.08 Å². The minimum absolute atomic E-state index is 0.0170. The number of likely N-dealkylation sites (tertiary alicyclic amines) is 1. The van der Waals surface area contributed by atoms with Gasteiger partial charge in [-0.05, 0) is 56.0 Å². The highest BCUT2D eigenvalue weighted by molar-refractivity contribution is 6.08. The summed E-state index contributed by atoms with van der Waals surface area (Å²) in [5.41, 5.74) is 3.52. The second kappa shape index (κ2) is 8.25. The molecule has 2 aliphatic heterocycles. The van der Waals surface area contributed by atoms with Gasteiger partial charge in [-0.15, -0.1) is 0 Å². The zero-order chi connectivity index (χ0) is 20.5. The monoisotopic (exact) mass is 404 g/mol. The lowest BCUT2D eigenvalue weighted by Gasteiger charge is -2.37. The van der Waals surface area contributed by atoms with E-state index in [-0.39, 0.29) is 18.2 Å². The predicted octanol–water partition coefficient (Wildman–Crippen LogP) is 4.58. The topological polar surface area (TPSA) is 43.7 Å². The largest absolute Gasteiger partial charge is 0.348 e. The van der Waals surface area contributed by atoms with E-state index in [4.69, 9.17) is 9.47 Å². The van der Waals surface area contributed by atoms with Crippen LogP contribution in [0.25, 0.3) is 27.9 Å². The van der Waals surface area contributed by atoms with Crippen molar-refractivity contribution in [2.24, 2.45) is 0 Å². The number of aryl methyl sites for hydroxylation is 1. The van der Waals surface area contributed by atoms with E-state index in [9.17, 15) is 4.79 Å². The van der Waals surface area contributed by atoms with Crippen LogP contribution in [0.15, 0.2) is 48.5 Å². The van der Waals surface area contributed by atoms with Gasteiger partial charge in [0.1, 0.15) is 0 Å². The van der Waals surface area contributed by atoms with Crippen LogP contribution < -0.4 is 0 Å². The van der Waals surface area contributed by atoms with Gasteiger partial charge in [-0.3, -0.25) is 4.79 Å². The van der Waals surface area contributed by atoms with Crippen molar-refractivity contribution in [3.05, 3.63) is 54.1 Å². The number of carbonyl (C=O) groups excluding carboxylic acids is 1. The Kier molecular flexibility index (Phi) is 5.32.